The predicted molar refractivity (Wildman–Crippen MR) is 77.4 cm³/mol. The highest BCUT2D eigenvalue weighted by atomic mass is 35.5. The Morgan fingerprint density at radius 3 is 2.80 bits per heavy atom. The van der Waals surface area contributed by atoms with Crippen LogP contribution in [0.25, 0.3) is 22.5 Å². The van der Waals surface area contributed by atoms with Gasteiger partial charge in [-0.25, -0.2) is 0 Å². The van der Waals surface area contributed by atoms with Gasteiger partial charge in [-0.05, 0) is 23.8 Å². The average molecular weight is 288 g/mol. The Kier molecular flexibility index (Phi) is 3.04. The van der Waals surface area contributed by atoms with E-state index < -0.39 is 0 Å². The molecule has 5 nitrogen and oxygen atoms in total. The molecule has 0 aliphatic carbocycles. The third-order valence-corrected chi connectivity index (χ3v) is 3.10. The summed E-state index contributed by atoms with van der Waals surface area (Å²) in [5.74, 6) is 0.693. The van der Waals surface area contributed by atoms with Crippen LogP contribution in [0.15, 0.2) is 51.9 Å². The topological polar surface area (TPSA) is 84.9 Å². The summed E-state index contributed by atoms with van der Waals surface area (Å²) >= 11 is 5.99. The molecule has 0 atom stereocenters. The largest absolute Gasteiger partial charge is 0.380 e. The van der Waals surface area contributed by atoms with E-state index in [1.54, 1.807) is 18.2 Å². The molecule has 0 saturated carbocycles. The second-order valence-corrected chi connectivity index (χ2v) is 4.66. The summed E-state index contributed by atoms with van der Waals surface area (Å²) in [5, 5.41) is 4.36. The highest BCUT2D eigenvalue weighted by molar-refractivity contribution is 6.30. The van der Waals surface area contributed by atoms with Crippen LogP contribution in [0, 0.1) is 0 Å². The fraction of sp³-hybridized carbons (Fsp3) is 0. The molecule has 0 radical (unpaired) electrons. The van der Waals surface area contributed by atoms with E-state index in [0.717, 1.165) is 5.56 Å². The van der Waals surface area contributed by atoms with Gasteiger partial charge >= 0.3 is 0 Å². The summed E-state index contributed by atoms with van der Waals surface area (Å²) in [6.45, 7) is 0. The molecule has 2 heterocycles. The van der Waals surface area contributed by atoms with E-state index in [9.17, 15) is 4.79 Å². The molecule has 0 unspecified atom stereocenters. The van der Waals surface area contributed by atoms with Crippen LogP contribution in [0.5, 0.6) is 0 Å². The SMILES string of the molecule is Nc1noc(-c2cc[nH]c(=O)c2)c1-c1cccc(Cl)c1. The van der Waals surface area contributed by atoms with Gasteiger partial charge in [0.05, 0.1) is 5.56 Å². The van der Waals surface area contributed by atoms with Crippen LogP contribution in [-0.4, -0.2) is 10.1 Å². The minimum atomic E-state index is -0.227. The Morgan fingerprint density at radius 2 is 2.05 bits per heavy atom. The Labute approximate surface area is 119 Å². The number of aromatic amines is 1. The zero-order chi connectivity index (χ0) is 14.1. The molecule has 1 aromatic carbocycles. The van der Waals surface area contributed by atoms with Crippen molar-refractivity contribution in [3.63, 3.8) is 0 Å². The Bertz CT molecular complexity index is 823. The summed E-state index contributed by atoms with van der Waals surface area (Å²) in [4.78, 5) is 13.9. The smallest absolute Gasteiger partial charge is 0.248 e. The van der Waals surface area contributed by atoms with Crippen molar-refractivity contribution in [2.75, 3.05) is 5.73 Å². The van der Waals surface area contributed by atoms with Gasteiger partial charge in [0, 0.05) is 22.8 Å². The van der Waals surface area contributed by atoms with Crippen molar-refractivity contribution in [2.45, 2.75) is 0 Å². The summed E-state index contributed by atoms with van der Waals surface area (Å²) in [6, 6.07) is 10.3. The first-order valence-electron chi connectivity index (χ1n) is 5.85. The average Bonchev–Trinajstić information content (AvgIpc) is 2.80. The van der Waals surface area contributed by atoms with Crippen molar-refractivity contribution in [3.05, 3.63) is 58.0 Å². The van der Waals surface area contributed by atoms with Crippen LogP contribution in [0.2, 0.25) is 5.02 Å². The van der Waals surface area contributed by atoms with E-state index in [2.05, 4.69) is 10.1 Å². The van der Waals surface area contributed by atoms with E-state index in [1.807, 2.05) is 12.1 Å². The molecule has 3 N–H and O–H groups in total. The van der Waals surface area contributed by atoms with Gasteiger partial charge in [-0.2, -0.15) is 0 Å². The second kappa shape index (κ2) is 4.86. The summed E-state index contributed by atoms with van der Waals surface area (Å²) < 4.78 is 5.26. The van der Waals surface area contributed by atoms with Gasteiger partial charge in [0.2, 0.25) is 5.56 Å². The summed E-state index contributed by atoms with van der Waals surface area (Å²) in [7, 11) is 0. The molecule has 0 fully saturated rings. The van der Waals surface area contributed by atoms with Crippen LogP contribution in [-0.2, 0) is 0 Å². The molecule has 0 amide bonds. The van der Waals surface area contributed by atoms with Gasteiger partial charge < -0.3 is 15.2 Å². The van der Waals surface area contributed by atoms with Crippen molar-refractivity contribution < 1.29 is 4.52 Å². The van der Waals surface area contributed by atoms with Gasteiger partial charge in [0.25, 0.3) is 0 Å². The molecule has 20 heavy (non-hydrogen) atoms. The second-order valence-electron chi connectivity index (χ2n) is 4.22. The number of hydrogen-bond donors (Lipinski definition) is 2. The fourth-order valence-corrected chi connectivity index (χ4v) is 2.20. The molecular weight excluding hydrogens is 278 g/mol. The lowest BCUT2D eigenvalue weighted by Gasteiger charge is -2.03. The van der Waals surface area contributed by atoms with Gasteiger partial charge in [-0.3, -0.25) is 4.79 Å². The normalized spacial score (nSPS) is 10.7. The van der Waals surface area contributed by atoms with Crippen LogP contribution in [0.1, 0.15) is 0 Å². The Hall–Kier alpha value is -2.53. The molecule has 0 aliphatic heterocycles. The monoisotopic (exact) mass is 287 g/mol. The van der Waals surface area contributed by atoms with E-state index in [4.69, 9.17) is 21.9 Å². The lowest BCUT2D eigenvalue weighted by molar-refractivity contribution is 0.436. The zero-order valence-electron chi connectivity index (χ0n) is 10.3. The first-order chi connectivity index (χ1) is 9.65. The number of anilines is 1. The highest BCUT2D eigenvalue weighted by Gasteiger charge is 2.18. The molecule has 3 aromatic rings. The number of nitrogens with one attached hydrogen (secondary N) is 1. The van der Waals surface area contributed by atoms with Gasteiger partial charge in [0.15, 0.2) is 11.6 Å². The van der Waals surface area contributed by atoms with Crippen molar-refractivity contribution >= 4 is 17.4 Å². The molecule has 0 aliphatic rings. The van der Waals surface area contributed by atoms with E-state index in [1.165, 1.54) is 12.3 Å². The molecule has 0 saturated heterocycles. The molecule has 0 spiro atoms. The van der Waals surface area contributed by atoms with Gasteiger partial charge in [-0.15, -0.1) is 0 Å². The van der Waals surface area contributed by atoms with E-state index >= 15 is 0 Å². The number of rotatable bonds is 2. The third-order valence-electron chi connectivity index (χ3n) is 2.87. The number of nitrogens with zero attached hydrogens (tertiary/aromatic N) is 1. The van der Waals surface area contributed by atoms with Crippen molar-refractivity contribution in [2.24, 2.45) is 0 Å². The molecular formula is C14H10ClN3O2. The number of benzene rings is 1. The van der Waals surface area contributed by atoms with E-state index in [0.29, 0.717) is 21.9 Å². The van der Waals surface area contributed by atoms with Gasteiger partial charge in [-0.1, -0.05) is 28.9 Å². The molecule has 100 valence electrons. The van der Waals surface area contributed by atoms with Crippen molar-refractivity contribution in [1.82, 2.24) is 10.1 Å². The number of pyridine rings is 1. The van der Waals surface area contributed by atoms with E-state index in [-0.39, 0.29) is 11.4 Å². The lowest BCUT2D eigenvalue weighted by Crippen LogP contribution is -2.02. The maximum absolute atomic E-state index is 11.4. The van der Waals surface area contributed by atoms with Crippen molar-refractivity contribution in [3.8, 4) is 22.5 Å². The minimum absolute atomic E-state index is 0.227. The quantitative estimate of drug-likeness (QED) is 0.759. The standard InChI is InChI=1S/C14H10ClN3O2/c15-10-3-1-2-8(6-10)12-13(20-18-14(12)16)9-4-5-17-11(19)7-9/h1-7H,(H2,16,18)(H,17,19). The summed E-state index contributed by atoms with van der Waals surface area (Å²) in [6.07, 6.45) is 1.54. The van der Waals surface area contributed by atoms with Crippen LogP contribution >= 0.6 is 11.6 Å². The van der Waals surface area contributed by atoms with Gasteiger partial charge in [0.1, 0.15) is 0 Å². The first-order valence-corrected chi connectivity index (χ1v) is 6.23. The highest BCUT2D eigenvalue weighted by Crippen LogP contribution is 2.36. The van der Waals surface area contributed by atoms with Crippen LogP contribution in [0.3, 0.4) is 0 Å². The Balaban J connectivity index is 2.22. The molecule has 2 aromatic heterocycles. The zero-order valence-corrected chi connectivity index (χ0v) is 11.0. The van der Waals surface area contributed by atoms with Crippen LogP contribution in [0.4, 0.5) is 5.82 Å². The molecule has 6 heteroatoms. The maximum atomic E-state index is 11.4. The number of nitrogen functional groups attached to an aromatic ring is 1. The number of hydrogen-bond acceptors (Lipinski definition) is 4. The fourth-order valence-electron chi connectivity index (χ4n) is 2.01. The van der Waals surface area contributed by atoms with Crippen molar-refractivity contribution in [1.29, 1.82) is 0 Å². The number of H-pyrrole nitrogens is 1. The molecule has 3 rings (SSSR count). The molecule has 0 bridgehead atoms. The number of halogens is 1. The number of aromatic nitrogens is 2. The number of nitrogens with two attached hydrogens (primary N) is 1. The first kappa shape index (κ1) is 12.5. The minimum Gasteiger partial charge on any atom is -0.380 e. The Morgan fingerprint density at radius 1 is 1.20 bits per heavy atom. The third kappa shape index (κ3) is 2.19. The van der Waals surface area contributed by atoms with Crippen LogP contribution < -0.4 is 11.3 Å². The summed E-state index contributed by atoms with van der Waals surface area (Å²) in [5.41, 5.74) is 7.65. The predicted octanol–water partition coefficient (Wildman–Crippen LogP) is 2.93. The lowest BCUT2D eigenvalue weighted by atomic mass is 10.0. The maximum Gasteiger partial charge on any atom is 0.248 e.